The van der Waals surface area contributed by atoms with Gasteiger partial charge in [-0.05, 0) is 61.7 Å². The highest BCUT2D eigenvalue weighted by atomic mass is 35.5. The summed E-state index contributed by atoms with van der Waals surface area (Å²) in [4.78, 5) is 35.5. The number of ether oxygens (including phenoxy) is 1. The van der Waals surface area contributed by atoms with Crippen molar-refractivity contribution in [2.24, 2.45) is 0 Å². The number of rotatable bonds is 8. The maximum absolute atomic E-state index is 11.9. The molecule has 154 valence electrons. The molecule has 0 saturated carbocycles. The highest BCUT2D eigenvalue weighted by Crippen LogP contribution is 2.25. The van der Waals surface area contributed by atoms with E-state index in [1.165, 1.54) is 0 Å². The minimum atomic E-state index is -0.539. The maximum atomic E-state index is 11.9. The van der Waals surface area contributed by atoms with E-state index in [1.807, 2.05) is 26.0 Å². The van der Waals surface area contributed by atoms with Crippen molar-refractivity contribution >= 4 is 52.4 Å². The lowest BCUT2D eigenvalue weighted by Gasteiger charge is -2.09. The van der Waals surface area contributed by atoms with E-state index in [1.54, 1.807) is 24.3 Å². The summed E-state index contributed by atoms with van der Waals surface area (Å²) < 4.78 is 4.94. The molecule has 0 aliphatic carbocycles. The minimum absolute atomic E-state index is 0.0334. The minimum Gasteiger partial charge on any atom is -0.456 e. The Labute approximate surface area is 179 Å². The van der Waals surface area contributed by atoms with Crippen LogP contribution in [0.25, 0.3) is 0 Å². The molecule has 2 rings (SSSR count). The lowest BCUT2D eigenvalue weighted by molar-refractivity contribution is -0.147. The molecule has 0 unspecified atom stereocenters. The summed E-state index contributed by atoms with van der Waals surface area (Å²) in [5.41, 5.74) is 3.35. The topological polar surface area (TPSA) is 84.5 Å². The summed E-state index contributed by atoms with van der Waals surface area (Å²) in [6.07, 6.45) is 0.459. The van der Waals surface area contributed by atoms with Crippen LogP contribution in [0.2, 0.25) is 10.0 Å². The first kappa shape index (κ1) is 22.7. The van der Waals surface area contributed by atoms with Crippen LogP contribution < -0.4 is 10.6 Å². The van der Waals surface area contributed by atoms with Crippen LogP contribution in [-0.4, -0.2) is 24.4 Å². The highest BCUT2D eigenvalue weighted by molar-refractivity contribution is 6.42. The van der Waals surface area contributed by atoms with Gasteiger partial charge < -0.3 is 15.4 Å². The molecular formula is C21H22Cl2N2O4. The zero-order valence-corrected chi connectivity index (χ0v) is 17.7. The maximum Gasteiger partial charge on any atom is 0.306 e. The monoisotopic (exact) mass is 436 g/mol. The Balaban J connectivity index is 1.65. The van der Waals surface area contributed by atoms with Crippen LogP contribution in [0.5, 0.6) is 0 Å². The molecule has 2 amide bonds. The quantitative estimate of drug-likeness (QED) is 0.576. The molecule has 0 spiro atoms. The Morgan fingerprint density at radius 1 is 0.828 bits per heavy atom. The van der Waals surface area contributed by atoms with E-state index in [4.69, 9.17) is 27.9 Å². The summed E-state index contributed by atoms with van der Waals surface area (Å²) in [5.74, 6) is -1.22. The summed E-state index contributed by atoms with van der Waals surface area (Å²) in [6, 6.07) is 10.3. The van der Waals surface area contributed by atoms with Gasteiger partial charge in [0.15, 0.2) is 6.61 Å². The number of benzene rings is 2. The van der Waals surface area contributed by atoms with Crippen LogP contribution in [0.3, 0.4) is 0 Å². The van der Waals surface area contributed by atoms with Gasteiger partial charge in [-0.2, -0.15) is 0 Å². The van der Waals surface area contributed by atoms with Gasteiger partial charge in [0.05, 0.1) is 10.0 Å². The fourth-order valence-corrected chi connectivity index (χ4v) is 2.72. The van der Waals surface area contributed by atoms with E-state index >= 15 is 0 Å². The van der Waals surface area contributed by atoms with Crippen LogP contribution in [-0.2, 0) is 19.1 Å². The van der Waals surface area contributed by atoms with Gasteiger partial charge in [0.25, 0.3) is 5.91 Å². The predicted molar refractivity (Wildman–Crippen MR) is 114 cm³/mol. The number of aryl methyl sites for hydroxylation is 2. The van der Waals surface area contributed by atoms with Crippen LogP contribution in [0.15, 0.2) is 36.4 Å². The number of esters is 1. The van der Waals surface area contributed by atoms with Gasteiger partial charge in [-0.15, -0.1) is 0 Å². The summed E-state index contributed by atoms with van der Waals surface area (Å²) in [5, 5.41) is 6.08. The molecule has 29 heavy (non-hydrogen) atoms. The molecule has 0 bridgehead atoms. The number of amides is 2. The van der Waals surface area contributed by atoms with Gasteiger partial charge >= 0.3 is 5.97 Å². The van der Waals surface area contributed by atoms with Crippen molar-refractivity contribution in [3.05, 3.63) is 57.6 Å². The number of carbonyl (C=O) groups excluding carboxylic acids is 3. The Kier molecular flexibility index (Phi) is 8.49. The normalized spacial score (nSPS) is 10.3. The van der Waals surface area contributed by atoms with Crippen LogP contribution in [0.4, 0.5) is 11.4 Å². The van der Waals surface area contributed by atoms with Crippen LogP contribution in [0.1, 0.15) is 30.4 Å². The van der Waals surface area contributed by atoms with Crippen molar-refractivity contribution in [2.75, 3.05) is 17.2 Å². The summed E-state index contributed by atoms with van der Waals surface area (Å²) >= 11 is 11.7. The molecule has 6 nitrogen and oxygen atoms in total. The highest BCUT2D eigenvalue weighted by Gasteiger charge is 2.10. The lowest BCUT2D eigenvalue weighted by atomic mass is 10.1. The second-order valence-corrected chi connectivity index (χ2v) is 7.35. The molecule has 2 N–H and O–H groups in total. The zero-order valence-electron chi connectivity index (χ0n) is 16.2. The second-order valence-electron chi connectivity index (χ2n) is 6.54. The SMILES string of the molecule is Cc1ccc(NC(=O)COC(=O)CCCC(=O)Nc2ccc(Cl)c(Cl)c2)cc1C. The van der Waals surface area contributed by atoms with E-state index in [2.05, 4.69) is 10.6 Å². The number of halogens is 2. The Morgan fingerprint density at radius 3 is 2.17 bits per heavy atom. The van der Waals surface area contributed by atoms with E-state index in [0.29, 0.717) is 27.8 Å². The molecule has 0 fully saturated rings. The third kappa shape index (κ3) is 7.75. The number of hydrogen-bond acceptors (Lipinski definition) is 4. The summed E-state index contributed by atoms with van der Waals surface area (Å²) in [6.45, 7) is 3.55. The molecule has 0 heterocycles. The molecule has 0 saturated heterocycles. The molecule has 2 aromatic carbocycles. The average molecular weight is 437 g/mol. The first-order chi connectivity index (χ1) is 13.7. The van der Waals surface area contributed by atoms with Gasteiger partial charge in [0.1, 0.15) is 0 Å². The molecule has 0 aliphatic rings. The van der Waals surface area contributed by atoms with E-state index in [9.17, 15) is 14.4 Å². The van der Waals surface area contributed by atoms with Crippen molar-refractivity contribution in [3.8, 4) is 0 Å². The molecule has 0 radical (unpaired) electrons. The van der Waals surface area contributed by atoms with Crippen molar-refractivity contribution in [2.45, 2.75) is 33.1 Å². The molecule has 8 heteroatoms. The van der Waals surface area contributed by atoms with Gasteiger partial charge in [-0.25, -0.2) is 0 Å². The standard InChI is InChI=1S/C21H22Cl2N2O4/c1-13-6-7-15(10-14(13)2)25-20(27)12-29-21(28)5-3-4-19(26)24-16-8-9-17(22)18(23)11-16/h6-11H,3-5,12H2,1-2H3,(H,24,26)(H,25,27). The van der Waals surface area contributed by atoms with E-state index in [-0.39, 0.29) is 25.4 Å². The first-order valence-electron chi connectivity index (χ1n) is 9.02. The third-order valence-electron chi connectivity index (χ3n) is 4.14. The fourth-order valence-electron chi connectivity index (χ4n) is 2.43. The lowest BCUT2D eigenvalue weighted by Crippen LogP contribution is -2.21. The van der Waals surface area contributed by atoms with E-state index in [0.717, 1.165) is 11.1 Å². The third-order valence-corrected chi connectivity index (χ3v) is 4.88. The molecule has 0 atom stereocenters. The summed E-state index contributed by atoms with van der Waals surface area (Å²) in [7, 11) is 0. The van der Waals surface area contributed by atoms with Gasteiger partial charge in [0, 0.05) is 24.2 Å². The largest absolute Gasteiger partial charge is 0.456 e. The van der Waals surface area contributed by atoms with Crippen molar-refractivity contribution < 1.29 is 19.1 Å². The van der Waals surface area contributed by atoms with Gasteiger partial charge in [-0.1, -0.05) is 29.3 Å². The van der Waals surface area contributed by atoms with Crippen molar-refractivity contribution in [1.29, 1.82) is 0 Å². The Morgan fingerprint density at radius 2 is 1.48 bits per heavy atom. The fraction of sp³-hybridized carbons (Fsp3) is 0.286. The van der Waals surface area contributed by atoms with Crippen molar-refractivity contribution in [3.63, 3.8) is 0 Å². The predicted octanol–water partition coefficient (Wildman–Crippen LogP) is 4.90. The average Bonchev–Trinajstić information content (AvgIpc) is 2.66. The number of carbonyl (C=O) groups is 3. The second kappa shape index (κ2) is 10.8. The smallest absolute Gasteiger partial charge is 0.306 e. The molecular weight excluding hydrogens is 415 g/mol. The molecule has 2 aromatic rings. The van der Waals surface area contributed by atoms with Crippen LogP contribution >= 0.6 is 23.2 Å². The number of nitrogens with one attached hydrogen (secondary N) is 2. The van der Waals surface area contributed by atoms with Crippen molar-refractivity contribution in [1.82, 2.24) is 0 Å². The molecule has 0 aromatic heterocycles. The van der Waals surface area contributed by atoms with E-state index < -0.39 is 11.9 Å². The zero-order chi connectivity index (χ0) is 21.4. The number of anilines is 2. The Hall–Kier alpha value is -2.57. The van der Waals surface area contributed by atoms with Gasteiger partial charge in [0.2, 0.25) is 5.91 Å². The number of hydrogen-bond donors (Lipinski definition) is 2. The van der Waals surface area contributed by atoms with Crippen LogP contribution in [0, 0.1) is 13.8 Å². The Bertz CT molecular complexity index is 916. The molecule has 0 aliphatic heterocycles. The first-order valence-corrected chi connectivity index (χ1v) is 9.78. The van der Waals surface area contributed by atoms with Gasteiger partial charge in [-0.3, -0.25) is 14.4 Å².